The Balaban J connectivity index is 2.63. The van der Waals surface area contributed by atoms with Gasteiger partial charge in [-0.1, -0.05) is 30.3 Å². The van der Waals surface area contributed by atoms with E-state index in [1.54, 1.807) is 13.0 Å². The molecule has 3 nitrogen and oxygen atoms in total. The second-order valence-corrected chi connectivity index (χ2v) is 4.99. The molecule has 2 rings (SSSR count). The summed E-state index contributed by atoms with van der Waals surface area (Å²) in [4.78, 5) is 12.0. The van der Waals surface area contributed by atoms with Crippen molar-refractivity contribution >= 4 is 28.6 Å². The number of hydrogen-bond donors (Lipinski definition) is 1. The molecule has 0 radical (unpaired) electrons. The monoisotopic (exact) mass is 368 g/mol. The average Bonchev–Trinajstić information content (AvgIpc) is 2.43. The van der Waals surface area contributed by atoms with Crippen LogP contribution in [0.2, 0.25) is 0 Å². The van der Waals surface area contributed by atoms with E-state index in [-0.39, 0.29) is 11.7 Å². The number of carbonyl (C=O) groups excluding carboxylic acids is 1. The van der Waals surface area contributed by atoms with E-state index < -0.39 is 0 Å². The van der Waals surface area contributed by atoms with E-state index >= 15 is 0 Å². The minimum Gasteiger partial charge on any atom is -0.507 e. The van der Waals surface area contributed by atoms with Gasteiger partial charge in [-0.15, -0.1) is 0 Å². The lowest BCUT2D eigenvalue weighted by molar-refractivity contribution is 0.0527. The molecular weight excluding hydrogens is 355 g/mol. The summed E-state index contributed by atoms with van der Waals surface area (Å²) in [7, 11) is 0. The van der Waals surface area contributed by atoms with Gasteiger partial charge in [0.15, 0.2) is 0 Å². The number of hydrogen-bond acceptors (Lipinski definition) is 3. The molecule has 2 aromatic rings. The highest BCUT2D eigenvalue weighted by molar-refractivity contribution is 14.1. The molecule has 0 aliphatic heterocycles. The number of ether oxygens (including phenoxy) is 1. The molecule has 0 amide bonds. The van der Waals surface area contributed by atoms with Crippen molar-refractivity contribution in [2.75, 3.05) is 6.61 Å². The minimum atomic E-state index is -0.376. The first-order chi connectivity index (χ1) is 9.15. The normalized spacial score (nSPS) is 10.2. The van der Waals surface area contributed by atoms with Gasteiger partial charge in [-0.2, -0.15) is 0 Å². The molecule has 0 spiro atoms. The van der Waals surface area contributed by atoms with Gasteiger partial charge in [0.2, 0.25) is 0 Å². The van der Waals surface area contributed by atoms with E-state index in [9.17, 15) is 9.90 Å². The lowest BCUT2D eigenvalue weighted by Crippen LogP contribution is -2.07. The second kappa shape index (κ2) is 6.06. The van der Waals surface area contributed by atoms with Crippen LogP contribution >= 0.6 is 22.6 Å². The number of esters is 1. The molecule has 0 aliphatic carbocycles. The van der Waals surface area contributed by atoms with Gasteiger partial charge in [0, 0.05) is 5.56 Å². The van der Waals surface area contributed by atoms with Crippen LogP contribution in [0, 0.1) is 3.57 Å². The van der Waals surface area contributed by atoms with E-state index in [2.05, 4.69) is 0 Å². The molecule has 0 fully saturated rings. The van der Waals surface area contributed by atoms with E-state index in [1.807, 2.05) is 52.9 Å². The standard InChI is InChI=1S/C15H13IO3/c1-2-19-15(18)11-8-9-12(17)14(16)13(11)10-6-4-3-5-7-10/h3-9,17H,2H2,1H3. The number of carbonyl (C=O) groups is 1. The van der Waals surface area contributed by atoms with Crippen LogP contribution in [0.25, 0.3) is 11.1 Å². The molecule has 0 aliphatic rings. The Bertz CT molecular complexity index is 594. The van der Waals surface area contributed by atoms with Gasteiger partial charge >= 0.3 is 5.97 Å². The Morgan fingerprint density at radius 3 is 2.53 bits per heavy atom. The first-order valence-corrected chi connectivity index (χ1v) is 6.97. The highest BCUT2D eigenvalue weighted by atomic mass is 127. The smallest absolute Gasteiger partial charge is 0.338 e. The van der Waals surface area contributed by atoms with Crippen molar-refractivity contribution in [3.8, 4) is 16.9 Å². The molecule has 0 bridgehead atoms. The summed E-state index contributed by atoms with van der Waals surface area (Å²) >= 11 is 2.04. The molecule has 0 saturated heterocycles. The van der Waals surface area contributed by atoms with Crippen molar-refractivity contribution in [1.82, 2.24) is 0 Å². The maximum absolute atomic E-state index is 12.0. The Labute approximate surface area is 125 Å². The minimum absolute atomic E-state index is 0.160. The first kappa shape index (κ1) is 13.9. The molecule has 4 heteroatoms. The zero-order chi connectivity index (χ0) is 13.8. The predicted molar refractivity (Wildman–Crippen MR) is 82.2 cm³/mol. The number of rotatable bonds is 3. The lowest BCUT2D eigenvalue weighted by atomic mass is 9.99. The Hall–Kier alpha value is -1.56. The van der Waals surface area contributed by atoms with Crippen LogP contribution < -0.4 is 0 Å². The van der Waals surface area contributed by atoms with Gasteiger partial charge in [-0.25, -0.2) is 4.79 Å². The summed E-state index contributed by atoms with van der Waals surface area (Å²) in [5.74, 6) is -0.216. The van der Waals surface area contributed by atoms with Crippen LogP contribution in [0.5, 0.6) is 5.75 Å². The number of phenols is 1. The molecule has 19 heavy (non-hydrogen) atoms. The second-order valence-electron chi connectivity index (χ2n) is 3.91. The Morgan fingerprint density at radius 2 is 1.89 bits per heavy atom. The van der Waals surface area contributed by atoms with Crippen LogP contribution in [0.15, 0.2) is 42.5 Å². The zero-order valence-corrected chi connectivity index (χ0v) is 12.5. The average molecular weight is 368 g/mol. The van der Waals surface area contributed by atoms with Crippen LogP contribution in [0.4, 0.5) is 0 Å². The zero-order valence-electron chi connectivity index (χ0n) is 10.4. The summed E-state index contributed by atoms with van der Waals surface area (Å²) < 4.78 is 5.71. The summed E-state index contributed by atoms with van der Waals surface area (Å²) in [6.45, 7) is 2.09. The number of halogens is 1. The highest BCUT2D eigenvalue weighted by Gasteiger charge is 2.18. The fourth-order valence-corrected chi connectivity index (χ4v) is 2.61. The molecule has 1 N–H and O–H groups in total. The lowest BCUT2D eigenvalue weighted by Gasteiger charge is -2.12. The van der Waals surface area contributed by atoms with E-state index in [1.165, 1.54) is 6.07 Å². The highest BCUT2D eigenvalue weighted by Crippen LogP contribution is 2.34. The summed E-state index contributed by atoms with van der Waals surface area (Å²) in [5.41, 5.74) is 2.06. The van der Waals surface area contributed by atoms with Gasteiger partial charge in [0.05, 0.1) is 15.7 Å². The SMILES string of the molecule is CCOC(=O)c1ccc(O)c(I)c1-c1ccccc1. The van der Waals surface area contributed by atoms with E-state index in [4.69, 9.17) is 4.74 Å². The van der Waals surface area contributed by atoms with Crippen molar-refractivity contribution in [3.05, 3.63) is 51.6 Å². The van der Waals surface area contributed by atoms with Gasteiger partial charge < -0.3 is 9.84 Å². The maximum atomic E-state index is 12.0. The third-order valence-electron chi connectivity index (χ3n) is 2.68. The molecule has 0 saturated carbocycles. The number of phenolic OH excluding ortho intramolecular Hbond substituents is 1. The summed E-state index contributed by atoms with van der Waals surface area (Å²) in [6.07, 6.45) is 0. The fourth-order valence-electron chi connectivity index (χ4n) is 1.83. The van der Waals surface area contributed by atoms with Crippen molar-refractivity contribution in [2.45, 2.75) is 6.92 Å². The summed E-state index contributed by atoms with van der Waals surface area (Å²) in [5, 5.41) is 9.84. The van der Waals surface area contributed by atoms with Crippen molar-refractivity contribution in [2.24, 2.45) is 0 Å². The summed E-state index contributed by atoms with van der Waals surface area (Å²) in [6, 6.07) is 12.6. The van der Waals surface area contributed by atoms with E-state index in [0.29, 0.717) is 21.3 Å². The van der Waals surface area contributed by atoms with Gasteiger partial charge in [-0.05, 0) is 47.2 Å². The molecule has 0 aromatic heterocycles. The number of aromatic hydroxyl groups is 1. The van der Waals surface area contributed by atoms with Crippen LogP contribution in [0.1, 0.15) is 17.3 Å². The Morgan fingerprint density at radius 1 is 1.21 bits per heavy atom. The van der Waals surface area contributed by atoms with Gasteiger partial charge in [0.25, 0.3) is 0 Å². The van der Waals surface area contributed by atoms with Crippen LogP contribution in [-0.4, -0.2) is 17.7 Å². The van der Waals surface area contributed by atoms with Crippen LogP contribution in [-0.2, 0) is 4.74 Å². The maximum Gasteiger partial charge on any atom is 0.338 e. The topological polar surface area (TPSA) is 46.5 Å². The quantitative estimate of drug-likeness (QED) is 0.662. The van der Waals surface area contributed by atoms with Crippen molar-refractivity contribution in [3.63, 3.8) is 0 Å². The van der Waals surface area contributed by atoms with Gasteiger partial charge in [0.1, 0.15) is 5.75 Å². The predicted octanol–water partition coefficient (Wildman–Crippen LogP) is 3.84. The molecule has 0 atom stereocenters. The molecule has 0 unspecified atom stereocenters. The molecule has 98 valence electrons. The fraction of sp³-hybridized carbons (Fsp3) is 0.133. The van der Waals surface area contributed by atoms with E-state index in [0.717, 1.165) is 5.56 Å². The third kappa shape index (κ3) is 2.89. The third-order valence-corrected chi connectivity index (χ3v) is 3.77. The van der Waals surface area contributed by atoms with Crippen molar-refractivity contribution in [1.29, 1.82) is 0 Å². The Kier molecular flexibility index (Phi) is 4.42. The van der Waals surface area contributed by atoms with Crippen molar-refractivity contribution < 1.29 is 14.6 Å². The first-order valence-electron chi connectivity index (χ1n) is 5.89. The molecule has 0 heterocycles. The van der Waals surface area contributed by atoms with Crippen LogP contribution in [0.3, 0.4) is 0 Å². The largest absolute Gasteiger partial charge is 0.507 e. The number of benzene rings is 2. The molecular formula is C15H13IO3. The molecule has 2 aromatic carbocycles. The van der Waals surface area contributed by atoms with Gasteiger partial charge in [-0.3, -0.25) is 0 Å².